The van der Waals surface area contributed by atoms with Crippen molar-refractivity contribution in [3.05, 3.63) is 84.2 Å². The highest BCUT2D eigenvalue weighted by molar-refractivity contribution is 5.94. The number of carbonyl (C=O) groups excluding carboxylic acids is 2. The van der Waals surface area contributed by atoms with Crippen LogP contribution in [0.15, 0.2) is 76.0 Å². The van der Waals surface area contributed by atoms with Crippen molar-refractivity contribution in [2.75, 3.05) is 52.5 Å². The van der Waals surface area contributed by atoms with E-state index in [1.165, 1.54) is 6.26 Å². The van der Waals surface area contributed by atoms with E-state index in [9.17, 15) is 9.59 Å². The molecule has 0 spiro atoms. The maximum atomic E-state index is 13.5. The van der Waals surface area contributed by atoms with Gasteiger partial charge in [0.15, 0.2) is 5.76 Å². The lowest BCUT2D eigenvalue weighted by Gasteiger charge is -2.31. The molecule has 1 aromatic carbocycles. The second-order valence-corrected chi connectivity index (χ2v) is 8.29. The van der Waals surface area contributed by atoms with E-state index in [0.717, 1.165) is 18.7 Å². The largest absolute Gasteiger partial charge is 0.467 e. The molecule has 3 aromatic rings. The Balaban J connectivity index is 1.44. The van der Waals surface area contributed by atoms with Crippen LogP contribution in [0.4, 0.5) is 0 Å². The van der Waals surface area contributed by atoms with Crippen molar-refractivity contribution in [2.24, 2.45) is 0 Å². The number of rotatable bonds is 11. The Kier molecular flexibility index (Phi) is 8.54. The van der Waals surface area contributed by atoms with Crippen LogP contribution in [0.2, 0.25) is 0 Å². The van der Waals surface area contributed by atoms with Crippen molar-refractivity contribution in [3.63, 3.8) is 0 Å². The molecule has 34 heavy (non-hydrogen) atoms. The summed E-state index contributed by atoms with van der Waals surface area (Å²) in [6.07, 6.45) is 3.79. The molecule has 8 nitrogen and oxygen atoms in total. The molecule has 2 amide bonds. The Morgan fingerprint density at radius 2 is 1.62 bits per heavy atom. The number of amides is 2. The molecular formula is C26H31N3O5. The minimum absolute atomic E-state index is 0.0284. The molecule has 1 aliphatic rings. The van der Waals surface area contributed by atoms with E-state index in [1.807, 2.05) is 42.5 Å². The monoisotopic (exact) mass is 465 g/mol. The molecular weight excluding hydrogens is 434 g/mol. The zero-order valence-electron chi connectivity index (χ0n) is 19.3. The van der Waals surface area contributed by atoms with Crippen LogP contribution in [0, 0.1) is 0 Å². The van der Waals surface area contributed by atoms with Gasteiger partial charge in [0.25, 0.3) is 5.91 Å². The first-order chi connectivity index (χ1) is 16.7. The fourth-order valence-electron chi connectivity index (χ4n) is 3.95. The number of ether oxygens (including phenoxy) is 1. The number of hydrogen-bond acceptors (Lipinski definition) is 6. The van der Waals surface area contributed by atoms with Gasteiger partial charge in [0, 0.05) is 32.7 Å². The molecule has 0 aliphatic carbocycles. The fourth-order valence-corrected chi connectivity index (χ4v) is 3.95. The lowest BCUT2D eigenvalue weighted by molar-refractivity contribution is -0.132. The molecule has 1 fully saturated rings. The van der Waals surface area contributed by atoms with E-state index >= 15 is 0 Å². The summed E-state index contributed by atoms with van der Waals surface area (Å²) < 4.78 is 16.2. The fraction of sp³-hybridized carbons (Fsp3) is 0.385. The van der Waals surface area contributed by atoms with E-state index in [-0.39, 0.29) is 24.1 Å². The number of carbonyl (C=O) groups is 2. The van der Waals surface area contributed by atoms with Crippen LogP contribution < -0.4 is 0 Å². The van der Waals surface area contributed by atoms with Crippen LogP contribution >= 0.6 is 0 Å². The minimum atomic E-state index is -0.285. The van der Waals surface area contributed by atoms with Crippen molar-refractivity contribution in [1.29, 1.82) is 0 Å². The lowest BCUT2D eigenvalue weighted by Crippen LogP contribution is -2.47. The molecule has 4 rings (SSSR count). The van der Waals surface area contributed by atoms with Gasteiger partial charge in [-0.3, -0.25) is 14.5 Å². The van der Waals surface area contributed by atoms with Gasteiger partial charge < -0.3 is 23.4 Å². The quantitative estimate of drug-likeness (QED) is 0.433. The lowest BCUT2D eigenvalue weighted by atomic mass is 10.1. The summed E-state index contributed by atoms with van der Waals surface area (Å²) in [5.74, 6) is 0.525. The first-order valence-electron chi connectivity index (χ1n) is 11.7. The molecule has 0 atom stereocenters. The minimum Gasteiger partial charge on any atom is -0.467 e. The Bertz CT molecular complexity index is 999. The summed E-state index contributed by atoms with van der Waals surface area (Å²) in [7, 11) is 0. The summed E-state index contributed by atoms with van der Waals surface area (Å²) >= 11 is 0. The number of nitrogens with zero attached hydrogens (tertiary/aromatic N) is 3. The molecule has 0 saturated carbocycles. The zero-order chi connectivity index (χ0) is 23.6. The second kappa shape index (κ2) is 12.2. The van der Waals surface area contributed by atoms with E-state index < -0.39 is 0 Å². The number of morpholine rings is 1. The van der Waals surface area contributed by atoms with Crippen LogP contribution in [0.5, 0.6) is 0 Å². The number of benzene rings is 1. The third kappa shape index (κ3) is 6.82. The molecule has 0 radical (unpaired) electrons. The van der Waals surface area contributed by atoms with Gasteiger partial charge in [0.05, 0.1) is 32.3 Å². The molecule has 8 heteroatoms. The van der Waals surface area contributed by atoms with Gasteiger partial charge in [0.2, 0.25) is 5.91 Å². The van der Waals surface area contributed by atoms with E-state index in [4.69, 9.17) is 13.6 Å². The predicted molar refractivity (Wildman–Crippen MR) is 126 cm³/mol. The SMILES string of the molecule is O=C(CN(CCN1CCOCC1)C(=O)c1ccco1)N(CCc1ccccc1)Cc1ccco1. The first-order valence-corrected chi connectivity index (χ1v) is 11.7. The van der Waals surface area contributed by atoms with Crippen LogP contribution in [0.3, 0.4) is 0 Å². The Labute approximate surface area is 199 Å². The summed E-state index contributed by atoms with van der Waals surface area (Å²) in [5, 5.41) is 0. The second-order valence-electron chi connectivity index (χ2n) is 8.29. The Morgan fingerprint density at radius 1 is 0.853 bits per heavy atom. The molecule has 2 aromatic heterocycles. The zero-order valence-corrected chi connectivity index (χ0v) is 19.3. The third-order valence-corrected chi connectivity index (χ3v) is 5.93. The van der Waals surface area contributed by atoms with Gasteiger partial charge in [-0.05, 0) is 36.2 Å². The van der Waals surface area contributed by atoms with Crippen LogP contribution in [-0.2, 0) is 22.5 Å². The van der Waals surface area contributed by atoms with Crippen LogP contribution in [0.25, 0.3) is 0 Å². The first kappa shape index (κ1) is 23.8. The Hall–Kier alpha value is -3.36. The van der Waals surface area contributed by atoms with Gasteiger partial charge in [0.1, 0.15) is 12.3 Å². The van der Waals surface area contributed by atoms with Gasteiger partial charge in [-0.2, -0.15) is 0 Å². The van der Waals surface area contributed by atoms with Crippen LogP contribution in [-0.4, -0.2) is 79.0 Å². The van der Waals surface area contributed by atoms with E-state index in [2.05, 4.69) is 4.90 Å². The number of hydrogen-bond donors (Lipinski definition) is 0. The van der Waals surface area contributed by atoms with Crippen molar-refractivity contribution in [3.8, 4) is 0 Å². The highest BCUT2D eigenvalue weighted by Crippen LogP contribution is 2.12. The van der Waals surface area contributed by atoms with E-state index in [1.54, 1.807) is 28.2 Å². The third-order valence-electron chi connectivity index (χ3n) is 5.93. The smallest absolute Gasteiger partial charge is 0.290 e. The van der Waals surface area contributed by atoms with Crippen molar-refractivity contribution in [2.45, 2.75) is 13.0 Å². The summed E-state index contributed by atoms with van der Waals surface area (Å²) in [6.45, 7) is 4.95. The molecule has 0 unspecified atom stereocenters. The molecule has 3 heterocycles. The van der Waals surface area contributed by atoms with Crippen molar-refractivity contribution in [1.82, 2.24) is 14.7 Å². The molecule has 180 valence electrons. The van der Waals surface area contributed by atoms with Gasteiger partial charge in [-0.25, -0.2) is 0 Å². The summed E-state index contributed by atoms with van der Waals surface area (Å²) in [6, 6.07) is 17.0. The average molecular weight is 466 g/mol. The maximum Gasteiger partial charge on any atom is 0.290 e. The molecule has 1 aliphatic heterocycles. The van der Waals surface area contributed by atoms with Crippen molar-refractivity contribution < 1.29 is 23.2 Å². The van der Waals surface area contributed by atoms with Gasteiger partial charge in [-0.1, -0.05) is 30.3 Å². The Morgan fingerprint density at radius 3 is 2.32 bits per heavy atom. The highest BCUT2D eigenvalue weighted by Gasteiger charge is 2.25. The highest BCUT2D eigenvalue weighted by atomic mass is 16.5. The molecule has 0 N–H and O–H groups in total. The topological polar surface area (TPSA) is 79.4 Å². The van der Waals surface area contributed by atoms with Gasteiger partial charge in [-0.15, -0.1) is 0 Å². The number of furan rings is 2. The average Bonchev–Trinajstić information content (AvgIpc) is 3.60. The standard InChI is InChI=1S/C26H31N3O5/c30-25(28(20-23-8-4-16-33-23)11-10-22-6-2-1-3-7-22)21-29(26(31)24-9-5-17-34-24)13-12-27-14-18-32-19-15-27/h1-9,16-17H,10-15,18-21H2. The normalized spacial score (nSPS) is 14.1. The molecule has 0 bridgehead atoms. The predicted octanol–water partition coefficient (Wildman–Crippen LogP) is 2.92. The van der Waals surface area contributed by atoms with E-state index in [0.29, 0.717) is 51.6 Å². The maximum absolute atomic E-state index is 13.5. The summed E-state index contributed by atoms with van der Waals surface area (Å²) in [4.78, 5) is 32.2. The van der Waals surface area contributed by atoms with Crippen molar-refractivity contribution >= 4 is 11.8 Å². The molecule has 1 saturated heterocycles. The van der Waals surface area contributed by atoms with Gasteiger partial charge >= 0.3 is 0 Å². The summed E-state index contributed by atoms with van der Waals surface area (Å²) in [5.41, 5.74) is 1.15. The van der Waals surface area contributed by atoms with Crippen LogP contribution in [0.1, 0.15) is 21.9 Å².